The molecule has 0 aliphatic heterocycles. The number of hydrogen-bond donors (Lipinski definition) is 0. The third-order valence-electron chi connectivity index (χ3n) is 4.06. The van der Waals surface area contributed by atoms with E-state index >= 15 is 0 Å². The summed E-state index contributed by atoms with van der Waals surface area (Å²) in [6, 6.07) is 7.33. The van der Waals surface area contributed by atoms with E-state index in [0.717, 1.165) is 12.3 Å². The zero-order valence-electron chi connectivity index (χ0n) is 13.1. The van der Waals surface area contributed by atoms with E-state index in [1.807, 2.05) is 6.92 Å². The first-order valence-corrected chi connectivity index (χ1v) is 7.73. The van der Waals surface area contributed by atoms with E-state index in [1.165, 1.54) is 0 Å². The second-order valence-corrected chi connectivity index (χ2v) is 5.67. The van der Waals surface area contributed by atoms with Crippen molar-refractivity contribution >= 4 is 11.6 Å². The maximum atomic E-state index is 13.9. The minimum Gasteiger partial charge on any atom is -0.289 e. The Hall–Kier alpha value is -2.69. The van der Waals surface area contributed by atoms with Crippen molar-refractivity contribution in [1.29, 1.82) is 0 Å². The Kier molecular flexibility index (Phi) is 4.34. The van der Waals surface area contributed by atoms with Gasteiger partial charge in [-0.15, -0.1) is 0 Å². The van der Waals surface area contributed by atoms with Crippen LogP contribution < -0.4 is 0 Å². The molecule has 1 aliphatic carbocycles. The van der Waals surface area contributed by atoms with Gasteiger partial charge >= 0.3 is 0 Å². The molecule has 0 fully saturated rings. The first-order chi connectivity index (χ1) is 11.5. The van der Waals surface area contributed by atoms with Gasteiger partial charge in [-0.25, -0.2) is 8.78 Å². The molecule has 3 nitrogen and oxygen atoms in total. The Morgan fingerprint density at radius 2 is 1.62 bits per heavy atom. The number of aromatic nitrogens is 1. The summed E-state index contributed by atoms with van der Waals surface area (Å²) in [5.41, 5.74) is 1.30. The number of benzene rings is 1. The van der Waals surface area contributed by atoms with Crippen molar-refractivity contribution in [3.63, 3.8) is 0 Å². The van der Waals surface area contributed by atoms with Gasteiger partial charge in [0.25, 0.3) is 0 Å². The summed E-state index contributed by atoms with van der Waals surface area (Å²) in [6.07, 6.45) is 1.89. The highest BCUT2D eigenvalue weighted by Crippen LogP contribution is 2.30. The van der Waals surface area contributed by atoms with Crippen LogP contribution in [-0.2, 0) is 6.42 Å². The fourth-order valence-corrected chi connectivity index (χ4v) is 2.92. The number of hydrogen-bond acceptors (Lipinski definition) is 3. The number of Topliss-reactive ketones (excluding diaryl/α,β-unsaturated/α-hetero) is 2. The van der Waals surface area contributed by atoms with Crippen molar-refractivity contribution in [2.45, 2.75) is 26.2 Å². The topological polar surface area (TPSA) is 47.0 Å². The van der Waals surface area contributed by atoms with Crippen LogP contribution in [0, 0.1) is 11.6 Å². The minimum absolute atomic E-state index is 0.0412. The van der Waals surface area contributed by atoms with Crippen LogP contribution in [0.2, 0.25) is 0 Å². The average molecular weight is 327 g/mol. The summed E-state index contributed by atoms with van der Waals surface area (Å²) < 4.78 is 26.9. The van der Waals surface area contributed by atoms with Crippen LogP contribution in [0.1, 0.15) is 46.2 Å². The van der Waals surface area contributed by atoms with Crippen molar-refractivity contribution in [3.05, 3.63) is 76.1 Å². The number of rotatable bonds is 4. The monoisotopic (exact) mass is 327 g/mol. The quantitative estimate of drug-likeness (QED) is 0.850. The molecule has 0 bridgehead atoms. The summed E-state index contributed by atoms with van der Waals surface area (Å²) in [4.78, 5) is 29.2. The lowest BCUT2D eigenvalue weighted by Crippen LogP contribution is -2.23. The highest BCUT2D eigenvalue weighted by atomic mass is 19.1. The first kappa shape index (κ1) is 16.2. The highest BCUT2D eigenvalue weighted by Gasteiger charge is 2.31. The van der Waals surface area contributed by atoms with Gasteiger partial charge in [0.05, 0.1) is 11.9 Å². The van der Waals surface area contributed by atoms with Gasteiger partial charge in [-0.1, -0.05) is 37.6 Å². The average Bonchev–Trinajstić information content (AvgIpc) is 2.57. The van der Waals surface area contributed by atoms with Crippen molar-refractivity contribution in [2.75, 3.05) is 0 Å². The molecule has 3 rings (SSSR count). The first-order valence-electron chi connectivity index (χ1n) is 7.73. The summed E-state index contributed by atoms with van der Waals surface area (Å²) in [7, 11) is 0. The lowest BCUT2D eigenvalue weighted by molar-refractivity contribution is 0.0969. The van der Waals surface area contributed by atoms with Crippen LogP contribution in [0.4, 0.5) is 8.78 Å². The van der Waals surface area contributed by atoms with Gasteiger partial charge in [0.2, 0.25) is 0 Å². The van der Waals surface area contributed by atoms with E-state index in [2.05, 4.69) is 4.98 Å². The second kappa shape index (κ2) is 6.43. The van der Waals surface area contributed by atoms with Crippen LogP contribution in [0.25, 0.3) is 0 Å². The Morgan fingerprint density at radius 3 is 2.21 bits per heavy atom. The van der Waals surface area contributed by atoms with Gasteiger partial charge in [0, 0.05) is 34.8 Å². The molecule has 24 heavy (non-hydrogen) atoms. The number of halogens is 2. The summed E-state index contributed by atoms with van der Waals surface area (Å²) in [5, 5.41) is 0. The molecular weight excluding hydrogens is 312 g/mol. The SMILES string of the molecule is CCCC1=C(Cc2ncc(F)cc2F)C(=O)c2ccccc2C1=O. The number of carbonyl (C=O) groups excluding carboxylic acids is 2. The molecular formula is C19H15F2NO2. The molecule has 0 saturated carbocycles. The van der Waals surface area contributed by atoms with Gasteiger partial charge in [-0.2, -0.15) is 0 Å². The van der Waals surface area contributed by atoms with E-state index in [1.54, 1.807) is 24.3 Å². The van der Waals surface area contributed by atoms with Gasteiger partial charge in [-0.05, 0) is 6.42 Å². The van der Waals surface area contributed by atoms with Gasteiger partial charge in [0.1, 0.15) is 11.6 Å². The van der Waals surface area contributed by atoms with E-state index < -0.39 is 11.6 Å². The van der Waals surface area contributed by atoms with E-state index in [-0.39, 0.29) is 29.3 Å². The molecule has 0 saturated heterocycles. The maximum Gasteiger partial charge on any atom is 0.190 e. The summed E-state index contributed by atoms with van der Waals surface area (Å²) in [5.74, 6) is -2.10. The fourth-order valence-electron chi connectivity index (χ4n) is 2.92. The van der Waals surface area contributed by atoms with E-state index in [4.69, 9.17) is 0 Å². The number of carbonyl (C=O) groups is 2. The zero-order chi connectivity index (χ0) is 17.3. The van der Waals surface area contributed by atoms with Crippen LogP contribution in [0.3, 0.4) is 0 Å². The lowest BCUT2D eigenvalue weighted by Gasteiger charge is -2.21. The second-order valence-electron chi connectivity index (χ2n) is 5.67. The largest absolute Gasteiger partial charge is 0.289 e. The smallest absolute Gasteiger partial charge is 0.190 e. The Morgan fingerprint density at radius 1 is 1.00 bits per heavy atom. The highest BCUT2D eigenvalue weighted by molar-refractivity contribution is 6.27. The number of ketones is 2. The maximum absolute atomic E-state index is 13.9. The van der Waals surface area contributed by atoms with Gasteiger partial charge in [0.15, 0.2) is 11.6 Å². The Bertz CT molecular complexity index is 871. The fraction of sp³-hybridized carbons (Fsp3) is 0.211. The van der Waals surface area contributed by atoms with Gasteiger partial charge in [-0.3, -0.25) is 14.6 Å². The molecule has 0 unspecified atom stereocenters. The van der Waals surface area contributed by atoms with Crippen molar-refractivity contribution in [3.8, 4) is 0 Å². The van der Waals surface area contributed by atoms with Crippen molar-refractivity contribution < 1.29 is 18.4 Å². The molecule has 0 radical (unpaired) electrons. The van der Waals surface area contributed by atoms with E-state index in [0.29, 0.717) is 29.5 Å². The Balaban J connectivity index is 2.10. The number of fused-ring (bicyclic) bond motifs is 1. The van der Waals surface area contributed by atoms with Crippen molar-refractivity contribution in [1.82, 2.24) is 4.98 Å². The molecule has 1 heterocycles. The summed E-state index contributed by atoms with van der Waals surface area (Å²) >= 11 is 0. The molecule has 1 aliphatic rings. The molecule has 1 aromatic heterocycles. The van der Waals surface area contributed by atoms with Gasteiger partial charge < -0.3 is 0 Å². The molecule has 5 heteroatoms. The normalized spacial score (nSPS) is 14.1. The number of nitrogens with zero attached hydrogens (tertiary/aromatic N) is 1. The Labute approximate surface area is 138 Å². The van der Waals surface area contributed by atoms with Crippen LogP contribution in [0.15, 0.2) is 47.7 Å². The summed E-state index contributed by atoms with van der Waals surface area (Å²) in [6.45, 7) is 1.90. The number of allylic oxidation sites excluding steroid dienone is 2. The standard InChI is InChI=1S/C19H15F2NO2/c1-2-5-12-15(9-17-16(21)8-11(20)10-22-17)19(24)14-7-4-3-6-13(14)18(12)23/h3-4,6-8,10H,2,5,9H2,1H3. The molecule has 0 spiro atoms. The third-order valence-corrected chi connectivity index (χ3v) is 4.06. The third kappa shape index (κ3) is 2.77. The van der Waals surface area contributed by atoms with Crippen LogP contribution >= 0.6 is 0 Å². The molecule has 0 N–H and O–H groups in total. The predicted octanol–water partition coefficient (Wildman–Crippen LogP) is 4.08. The zero-order valence-corrected chi connectivity index (χ0v) is 13.1. The molecule has 1 aromatic carbocycles. The lowest BCUT2D eigenvalue weighted by atomic mass is 9.80. The molecule has 122 valence electrons. The minimum atomic E-state index is -0.822. The molecule has 0 atom stereocenters. The van der Waals surface area contributed by atoms with E-state index in [9.17, 15) is 18.4 Å². The number of pyridine rings is 1. The predicted molar refractivity (Wildman–Crippen MR) is 84.9 cm³/mol. The van der Waals surface area contributed by atoms with Crippen molar-refractivity contribution in [2.24, 2.45) is 0 Å². The van der Waals surface area contributed by atoms with Crippen LogP contribution in [-0.4, -0.2) is 16.6 Å². The molecule has 2 aromatic rings. The van der Waals surface area contributed by atoms with Crippen LogP contribution in [0.5, 0.6) is 0 Å². The molecule has 0 amide bonds.